The van der Waals surface area contributed by atoms with E-state index < -0.39 is 22.8 Å². The maximum absolute atomic E-state index is 11.8. The molecule has 1 rings (SSSR count). The molecule has 0 heterocycles. The van der Waals surface area contributed by atoms with Crippen molar-refractivity contribution < 1.29 is 19.2 Å². The second kappa shape index (κ2) is 8.89. The van der Waals surface area contributed by atoms with Gasteiger partial charge in [-0.2, -0.15) is 0 Å². The fraction of sp³-hybridized carbons (Fsp3) is 0.357. The number of nitro groups is 1. The van der Waals surface area contributed by atoms with Crippen molar-refractivity contribution in [1.29, 1.82) is 0 Å². The molecule has 0 fully saturated rings. The van der Waals surface area contributed by atoms with E-state index in [0.717, 1.165) is 18.2 Å². The molecule has 0 saturated heterocycles. The van der Waals surface area contributed by atoms with Gasteiger partial charge in [-0.1, -0.05) is 26.0 Å². The van der Waals surface area contributed by atoms with Crippen LogP contribution in [0.3, 0.4) is 0 Å². The van der Waals surface area contributed by atoms with Crippen molar-refractivity contribution in [3.63, 3.8) is 0 Å². The topological polar surface area (TPSA) is 111 Å². The van der Waals surface area contributed by atoms with Crippen molar-refractivity contribution in [2.75, 3.05) is 7.11 Å². The Kier molecular flexibility index (Phi) is 7.20. The predicted molar refractivity (Wildman–Crippen MR) is 86.2 cm³/mol. The van der Waals surface area contributed by atoms with Crippen LogP contribution >= 0.6 is 11.9 Å². The van der Waals surface area contributed by atoms with Gasteiger partial charge in [0.1, 0.15) is 17.2 Å². The average Bonchev–Trinajstić information content (AvgIpc) is 2.51. The lowest BCUT2D eigenvalue weighted by atomic mass is 10.0. The monoisotopic (exact) mass is 339 g/mol. The lowest BCUT2D eigenvalue weighted by Crippen LogP contribution is -2.45. The van der Waals surface area contributed by atoms with Crippen LogP contribution in [0.1, 0.15) is 13.8 Å². The Balaban J connectivity index is 2.69. The van der Waals surface area contributed by atoms with Gasteiger partial charge in [0.2, 0.25) is 0 Å². The van der Waals surface area contributed by atoms with Crippen molar-refractivity contribution in [3.8, 4) is 0 Å². The fourth-order valence-electron chi connectivity index (χ4n) is 1.63. The number of hydrogen-bond acceptors (Lipinski definition) is 7. The number of nitro benzene ring substituents is 1. The number of esters is 1. The smallest absolute Gasteiger partial charge is 0.328 e. The number of para-hydroxylation sites is 1. The molecule has 0 aliphatic carbocycles. The molecule has 1 aromatic rings. The molecule has 9 heteroatoms. The molecular weight excluding hydrogens is 322 g/mol. The number of ether oxygens (including phenoxy) is 1. The molecule has 0 bridgehead atoms. The van der Waals surface area contributed by atoms with Gasteiger partial charge in [-0.15, -0.1) is 0 Å². The summed E-state index contributed by atoms with van der Waals surface area (Å²) in [5.74, 6) is -1.28. The Morgan fingerprint density at radius 2 is 2.04 bits per heavy atom. The largest absolute Gasteiger partial charge is 0.467 e. The molecule has 23 heavy (non-hydrogen) atoms. The van der Waals surface area contributed by atoms with Crippen molar-refractivity contribution in [2.45, 2.75) is 24.8 Å². The zero-order chi connectivity index (χ0) is 17.4. The summed E-state index contributed by atoms with van der Waals surface area (Å²) < 4.78 is 8.42. The van der Waals surface area contributed by atoms with Gasteiger partial charge in [0.15, 0.2) is 0 Å². The number of nitrogens with one attached hydrogen (secondary N) is 1. The Morgan fingerprint density at radius 1 is 1.39 bits per heavy atom. The summed E-state index contributed by atoms with van der Waals surface area (Å²) in [5.41, 5.74) is -0.0929. The summed E-state index contributed by atoms with van der Waals surface area (Å²) in [6.45, 7) is 3.53. The van der Waals surface area contributed by atoms with Crippen LogP contribution in [0, 0.1) is 16.0 Å². The van der Waals surface area contributed by atoms with E-state index in [4.69, 9.17) is 0 Å². The normalized spacial score (nSPS) is 12.2. The third kappa shape index (κ3) is 5.70. The molecule has 0 unspecified atom stereocenters. The van der Waals surface area contributed by atoms with Gasteiger partial charge >= 0.3 is 5.97 Å². The minimum absolute atomic E-state index is 0.0929. The third-order valence-electron chi connectivity index (χ3n) is 2.80. The number of amides is 1. The molecule has 1 amide bonds. The van der Waals surface area contributed by atoms with Crippen LogP contribution in [0.15, 0.2) is 33.6 Å². The SMILES string of the molecule is COC(=O)[C@@H](NC(=O)/C=N/Sc1ccccc1[N+](=O)[O-])C(C)C. The summed E-state index contributed by atoms with van der Waals surface area (Å²) in [7, 11) is 1.24. The summed E-state index contributed by atoms with van der Waals surface area (Å²) in [5, 5.41) is 13.3. The molecule has 1 aromatic carbocycles. The Morgan fingerprint density at radius 3 is 2.61 bits per heavy atom. The van der Waals surface area contributed by atoms with Crippen LogP contribution in [0.4, 0.5) is 5.69 Å². The first-order chi connectivity index (χ1) is 10.9. The van der Waals surface area contributed by atoms with Gasteiger partial charge in [-0.05, 0) is 12.0 Å². The number of rotatable bonds is 7. The maximum Gasteiger partial charge on any atom is 0.328 e. The molecule has 8 nitrogen and oxygen atoms in total. The zero-order valence-corrected chi connectivity index (χ0v) is 13.7. The lowest BCUT2D eigenvalue weighted by Gasteiger charge is -2.18. The molecule has 1 atom stereocenters. The number of hydrogen-bond donors (Lipinski definition) is 1. The standard InChI is InChI=1S/C14H17N3O5S/c1-9(2)13(14(19)22-3)16-12(18)8-15-23-11-7-5-4-6-10(11)17(20)21/h4-9,13H,1-3H3,(H,16,18)/b15-8+/t13-/m0/s1. The first kappa shape index (κ1) is 18.6. The first-order valence-electron chi connectivity index (χ1n) is 6.69. The van der Waals surface area contributed by atoms with E-state index in [0.29, 0.717) is 4.90 Å². The van der Waals surface area contributed by atoms with Crippen molar-refractivity contribution >= 4 is 35.7 Å². The molecule has 124 valence electrons. The Labute approximate surface area is 137 Å². The number of methoxy groups -OCH3 is 1. The van der Waals surface area contributed by atoms with E-state index in [-0.39, 0.29) is 11.6 Å². The zero-order valence-electron chi connectivity index (χ0n) is 12.9. The Bertz CT molecular complexity index is 618. The van der Waals surface area contributed by atoms with Crippen LogP contribution in [0.25, 0.3) is 0 Å². The highest BCUT2D eigenvalue weighted by atomic mass is 32.2. The molecule has 0 radical (unpaired) electrons. The van der Waals surface area contributed by atoms with Crippen molar-refractivity contribution in [1.82, 2.24) is 5.32 Å². The van der Waals surface area contributed by atoms with Crippen LogP contribution in [-0.2, 0) is 14.3 Å². The first-order valence-corrected chi connectivity index (χ1v) is 7.46. The van der Waals surface area contributed by atoms with Gasteiger partial charge in [0.05, 0.1) is 12.0 Å². The van der Waals surface area contributed by atoms with Gasteiger partial charge in [-0.3, -0.25) is 14.9 Å². The van der Waals surface area contributed by atoms with Gasteiger partial charge in [0.25, 0.3) is 11.6 Å². The molecule has 0 aliphatic heterocycles. The van der Waals surface area contributed by atoms with Crippen LogP contribution in [0.2, 0.25) is 0 Å². The maximum atomic E-state index is 11.8. The molecule has 0 aromatic heterocycles. The molecule has 1 N–H and O–H groups in total. The van der Waals surface area contributed by atoms with Crippen molar-refractivity contribution in [3.05, 3.63) is 34.4 Å². The number of nitrogens with zero attached hydrogens (tertiary/aromatic N) is 2. The summed E-state index contributed by atoms with van der Waals surface area (Å²) in [6, 6.07) is 5.28. The summed E-state index contributed by atoms with van der Waals surface area (Å²) >= 11 is 0.804. The van der Waals surface area contributed by atoms with E-state index in [2.05, 4.69) is 14.5 Å². The van der Waals surface area contributed by atoms with Crippen molar-refractivity contribution in [2.24, 2.45) is 10.3 Å². The van der Waals surface area contributed by atoms with E-state index in [9.17, 15) is 19.7 Å². The van der Waals surface area contributed by atoms with E-state index in [1.54, 1.807) is 26.0 Å². The summed E-state index contributed by atoms with van der Waals surface area (Å²) in [4.78, 5) is 34.0. The minimum Gasteiger partial charge on any atom is -0.467 e. The van der Waals surface area contributed by atoms with Gasteiger partial charge < -0.3 is 10.1 Å². The molecular formula is C14H17N3O5S. The van der Waals surface area contributed by atoms with Crippen LogP contribution < -0.4 is 5.32 Å². The average molecular weight is 339 g/mol. The van der Waals surface area contributed by atoms with Gasteiger partial charge in [-0.25, -0.2) is 9.19 Å². The number of benzene rings is 1. The summed E-state index contributed by atoms with van der Waals surface area (Å²) in [6.07, 6.45) is 0.972. The third-order valence-corrected chi connectivity index (χ3v) is 3.56. The quantitative estimate of drug-likeness (QED) is 0.267. The van der Waals surface area contributed by atoms with Crippen LogP contribution in [-0.4, -0.2) is 36.2 Å². The second-order valence-electron chi connectivity index (χ2n) is 4.80. The highest BCUT2D eigenvalue weighted by Gasteiger charge is 2.24. The lowest BCUT2D eigenvalue weighted by molar-refractivity contribution is -0.387. The van der Waals surface area contributed by atoms with Crippen LogP contribution in [0.5, 0.6) is 0 Å². The molecule has 0 aliphatic rings. The second-order valence-corrected chi connectivity index (χ2v) is 5.64. The van der Waals surface area contributed by atoms with E-state index in [1.165, 1.54) is 19.2 Å². The number of carbonyl (C=O) groups excluding carboxylic acids is 2. The molecule has 0 spiro atoms. The van der Waals surface area contributed by atoms with Gasteiger partial charge in [0, 0.05) is 18.0 Å². The predicted octanol–water partition coefficient (Wildman–Crippen LogP) is 1.99. The highest BCUT2D eigenvalue weighted by Crippen LogP contribution is 2.28. The minimum atomic E-state index is -0.782. The highest BCUT2D eigenvalue weighted by molar-refractivity contribution is 7.98. The van der Waals surface area contributed by atoms with E-state index in [1.807, 2.05) is 0 Å². The Hall–Kier alpha value is -2.42. The fourth-order valence-corrected chi connectivity index (χ4v) is 2.27. The number of carbonyl (C=O) groups is 2. The van der Waals surface area contributed by atoms with E-state index >= 15 is 0 Å². The molecule has 0 saturated carbocycles.